The monoisotopic (exact) mass is 778 g/mol. The Bertz CT molecular complexity index is 1750. The normalized spacial score (nSPS) is 11.3. The fourth-order valence-corrected chi connectivity index (χ4v) is 7.14. The smallest absolute Gasteiger partial charge is 0.255 e. The summed E-state index contributed by atoms with van der Waals surface area (Å²) in [5, 5.41) is 12.2. The predicted molar refractivity (Wildman–Crippen MR) is 226 cm³/mol. The molecule has 0 fully saturated rings. The first-order chi connectivity index (χ1) is 25.8. The Morgan fingerprint density at radius 1 is 0.593 bits per heavy atom. The second-order valence-electron chi connectivity index (χ2n) is 13.9. The number of benzene rings is 3. The summed E-state index contributed by atoms with van der Waals surface area (Å²) in [4.78, 5) is 54.9. The van der Waals surface area contributed by atoms with Gasteiger partial charge in [0.05, 0.1) is 32.5 Å². The number of hydrogen-bond acceptors (Lipinski definition) is 10. The summed E-state index contributed by atoms with van der Waals surface area (Å²) in [7, 11) is 0. The van der Waals surface area contributed by atoms with Crippen LogP contribution in [0.5, 0.6) is 0 Å². The molecule has 0 aliphatic rings. The lowest BCUT2D eigenvalue weighted by atomic mass is 9.86. The molecule has 12 N–H and O–H groups in total. The van der Waals surface area contributed by atoms with Crippen molar-refractivity contribution in [2.45, 2.75) is 87.8 Å². The Morgan fingerprint density at radius 3 is 1.43 bits per heavy atom. The van der Waals surface area contributed by atoms with Gasteiger partial charge in [0.25, 0.3) is 11.8 Å². The average Bonchev–Trinajstić information content (AvgIpc) is 3.13. The molecule has 14 heteroatoms. The van der Waals surface area contributed by atoms with E-state index in [1.807, 2.05) is 31.2 Å². The summed E-state index contributed by atoms with van der Waals surface area (Å²) in [6.45, 7) is 10.0. The van der Waals surface area contributed by atoms with Crippen molar-refractivity contribution in [2.75, 3.05) is 59.0 Å². The minimum atomic E-state index is -0.419. The highest BCUT2D eigenvalue weighted by molar-refractivity contribution is 7.99. The number of aryl methyl sites for hydroxylation is 1. The van der Waals surface area contributed by atoms with Crippen LogP contribution in [0.2, 0.25) is 0 Å². The molecule has 0 aliphatic heterocycles. The maximum absolute atomic E-state index is 13.9. The van der Waals surface area contributed by atoms with Gasteiger partial charge in [0.15, 0.2) is 0 Å². The third-order valence-electron chi connectivity index (χ3n) is 8.39. The van der Waals surface area contributed by atoms with E-state index in [2.05, 4.69) is 42.0 Å². The highest BCUT2D eigenvalue weighted by Gasteiger charge is 2.23. The molecule has 0 unspecified atom stereocenters. The van der Waals surface area contributed by atoms with E-state index in [1.165, 1.54) is 23.5 Å². The number of anilines is 4. The van der Waals surface area contributed by atoms with Crippen molar-refractivity contribution in [1.82, 2.24) is 0 Å². The molecule has 3 aromatic rings. The topological polar surface area (TPSA) is 220 Å². The first-order valence-electron chi connectivity index (χ1n) is 18.6. The van der Waals surface area contributed by atoms with Crippen LogP contribution in [0.3, 0.4) is 0 Å². The lowest BCUT2D eigenvalue weighted by Crippen LogP contribution is -2.20. The van der Waals surface area contributed by atoms with Gasteiger partial charge in [-0.3, -0.25) is 19.2 Å². The Morgan fingerprint density at radius 2 is 1.02 bits per heavy atom. The second-order valence-corrected chi connectivity index (χ2v) is 16.1. The molecule has 0 heterocycles. The van der Waals surface area contributed by atoms with Crippen molar-refractivity contribution in [3.8, 4) is 0 Å². The molecule has 0 atom stereocenters. The zero-order chi connectivity index (χ0) is 39.7. The molecule has 54 heavy (non-hydrogen) atoms. The fourth-order valence-electron chi connectivity index (χ4n) is 5.43. The van der Waals surface area contributed by atoms with Gasteiger partial charge in [-0.15, -0.1) is 23.5 Å². The van der Waals surface area contributed by atoms with E-state index in [0.717, 1.165) is 24.0 Å². The van der Waals surface area contributed by atoms with Crippen LogP contribution in [0.25, 0.3) is 0 Å². The highest BCUT2D eigenvalue weighted by atomic mass is 32.2. The third kappa shape index (κ3) is 13.7. The van der Waals surface area contributed by atoms with Gasteiger partial charge in [-0.1, -0.05) is 33.8 Å². The zero-order valence-corrected chi connectivity index (χ0v) is 33.7. The van der Waals surface area contributed by atoms with E-state index in [9.17, 15) is 19.2 Å². The van der Waals surface area contributed by atoms with Crippen molar-refractivity contribution in [3.05, 3.63) is 70.8 Å². The molecule has 0 saturated carbocycles. The quantitative estimate of drug-likeness (QED) is 0.0446. The first kappa shape index (κ1) is 44.5. The summed E-state index contributed by atoms with van der Waals surface area (Å²) < 4.78 is 0. The molecule has 4 amide bonds. The SMILES string of the molecule is CCc1cc(NC(=O)CCCCN)c(SCCN)c(NC(=O)c2cccc(C(=O)Nc3cc(C(C)(C)C)cc(NC(=O)CCCCN)c3SCCN)c2)c1. The number of thioether (sulfide) groups is 2. The van der Waals surface area contributed by atoms with Gasteiger partial charge in [0.1, 0.15) is 0 Å². The standard InChI is InChI=1S/C40H58N8O4S2/c1-5-26-21-30(45-34(49)13-6-8-15-41)36(53-19-17-43)31(22-26)47-38(51)27-11-10-12-28(23-27)39(52)48-33-25-29(40(2,3)4)24-32(37(33)54-20-18-44)46-35(50)14-7-9-16-42/h10-12,21-25H,5-9,13-20,41-44H2,1-4H3,(H,45,49)(H,46,50)(H,47,51)(H,48,52). The van der Waals surface area contributed by atoms with Crippen molar-refractivity contribution >= 4 is 69.9 Å². The predicted octanol–water partition coefficient (Wildman–Crippen LogP) is 6.29. The Labute approximate surface area is 328 Å². The van der Waals surface area contributed by atoms with Gasteiger partial charge in [0, 0.05) is 48.6 Å². The number of rotatable bonds is 21. The summed E-state index contributed by atoms with van der Waals surface area (Å²) in [6, 6.07) is 14.2. The van der Waals surface area contributed by atoms with Crippen LogP contribution in [0.4, 0.5) is 22.7 Å². The summed E-state index contributed by atoms with van der Waals surface area (Å²) in [6.07, 6.45) is 4.20. The Balaban J connectivity index is 1.95. The molecule has 0 bridgehead atoms. The second kappa shape index (κ2) is 22.5. The molecule has 0 radical (unpaired) electrons. The van der Waals surface area contributed by atoms with Gasteiger partial charge >= 0.3 is 0 Å². The fraction of sp³-hybridized carbons (Fsp3) is 0.450. The van der Waals surface area contributed by atoms with E-state index in [-0.39, 0.29) is 28.4 Å². The Hall–Kier alpha value is -3.92. The van der Waals surface area contributed by atoms with Crippen molar-refractivity contribution in [1.29, 1.82) is 0 Å². The third-order valence-corrected chi connectivity index (χ3v) is 10.7. The number of carbonyl (C=O) groups is 4. The van der Waals surface area contributed by atoms with Crippen molar-refractivity contribution in [3.63, 3.8) is 0 Å². The molecule has 294 valence electrons. The van der Waals surface area contributed by atoms with E-state index < -0.39 is 11.8 Å². The average molecular weight is 779 g/mol. The number of nitrogens with two attached hydrogens (primary N) is 4. The number of amides is 4. The maximum Gasteiger partial charge on any atom is 0.255 e. The zero-order valence-electron chi connectivity index (χ0n) is 32.1. The minimum absolute atomic E-state index is 0.128. The van der Waals surface area contributed by atoms with Crippen LogP contribution in [0.15, 0.2) is 58.3 Å². The van der Waals surface area contributed by atoms with E-state index in [4.69, 9.17) is 22.9 Å². The van der Waals surface area contributed by atoms with Crippen molar-refractivity contribution < 1.29 is 19.2 Å². The van der Waals surface area contributed by atoms with Crippen LogP contribution in [-0.4, -0.2) is 61.3 Å². The van der Waals surface area contributed by atoms with Gasteiger partial charge in [-0.25, -0.2) is 0 Å². The molecular weight excluding hydrogens is 721 g/mol. The number of unbranched alkanes of at least 4 members (excludes halogenated alkanes) is 2. The van der Waals surface area contributed by atoms with Gasteiger partial charge in [-0.05, 0) is 104 Å². The van der Waals surface area contributed by atoms with Crippen molar-refractivity contribution in [2.24, 2.45) is 22.9 Å². The van der Waals surface area contributed by atoms with Gasteiger partial charge < -0.3 is 44.2 Å². The lowest BCUT2D eigenvalue weighted by Gasteiger charge is -2.24. The van der Waals surface area contributed by atoms with Gasteiger partial charge in [0.2, 0.25) is 11.8 Å². The molecule has 0 spiro atoms. The first-order valence-corrected chi connectivity index (χ1v) is 20.6. The lowest BCUT2D eigenvalue weighted by molar-refractivity contribution is -0.117. The summed E-state index contributed by atoms with van der Waals surface area (Å²) >= 11 is 2.90. The van der Waals surface area contributed by atoms with E-state index in [1.54, 1.807) is 24.3 Å². The maximum atomic E-state index is 13.9. The van der Waals surface area contributed by atoms with E-state index in [0.29, 0.717) is 102 Å². The van der Waals surface area contributed by atoms with E-state index >= 15 is 0 Å². The summed E-state index contributed by atoms with van der Waals surface area (Å²) in [5.74, 6) is 0.0389. The van der Waals surface area contributed by atoms with Crippen LogP contribution in [0.1, 0.15) is 98.1 Å². The number of hydrogen-bond donors (Lipinski definition) is 8. The van der Waals surface area contributed by atoms with Crippen LogP contribution in [-0.2, 0) is 21.4 Å². The van der Waals surface area contributed by atoms with Crippen LogP contribution in [0, 0.1) is 0 Å². The number of nitrogens with one attached hydrogen (secondary N) is 4. The molecule has 0 saturated heterocycles. The van der Waals surface area contributed by atoms with Crippen LogP contribution >= 0.6 is 23.5 Å². The molecule has 3 rings (SSSR count). The molecular formula is C40H58N8O4S2. The molecule has 12 nitrogen and oxygen atoms in total. The van der Waals surface area contributed by atoms with Gasteiger partial charge in [-0.2, -0.15) is 0 Å². The molecule has 0 aromatic heterocycles. The largest absolute Gasteiger partial charge is 0.330 e. The molecule has 3 aromatic carbocycles. The molecule has 0 aliphatic carbocycles. The van der Waals surface area contributed by atoms with Crippen LogP contribution < -0.4 is 44.2 Å². The number of carbonyl (C=O) groups excluding carboxylic acids is 4. The highest BCUT2D eigenvalue weighted by Crippen LogP contribution is 2.40. The Kier molecular flexibility index (Phi) is 18.5. The summed E-state index contributed by atoms with van der Waals surface area (Å²) in [5.41, 5.74) is 27.4. The minimum Gasteiger partial charge on any atom is -0.330 e.